The lowest BCUT2D eigenvalue weighted by molar-refractivity contribution is -0.0121. The normalized spacial score (nSPS) is 28.2. The first-order valence-corrected chi connectivity index (χ1v) is 10.1. The zero-order valence-electron chi connectivity index (χ0n) is 16.5. The molecule has 1 aliphatic heterocycles. The third kappa shape index (κ3) is 4.60. The number of anilines is 1. The van der Waals surface area contributed by atoms with Crippen LogP contribution in [-0.2, 0) is 0 Å². The van der Waals surface area contributed by atoms with Crippen LogP contribution >= 0.6 is 0 Å². The highest BCUT2D eigenvalue weighted by atomic mass is 16.5. The van der Waals surface area contributed by atoms with Crippen molar-refractivity contribution in [2.24, 2.45) is 0 Å². The van der Waals surface area contributed by atoms with E-state index in [1.807, 2.05) is 30.3 Å². The lowest BCUT2D eigenvalue weighted by Gasteiger charge is -2.38. The third-order valence-corrected chi connectivity index (χ3v) is 5.79. The van der Waals surface area contributed by atoms with E-state index in [9.17, 15) is 10.2 Å². The number of nitrogens with one attached hydrogen (secondary N) is 1. The van der Waals surface area contributed by atoms with Crippen LogP contribution in [0.4, 0.5) is 5.82 Å². The Morgan fingerprint density at radius 2 is 1.93 bits per heavy atom. The first kappa shape index (κ1) is 19.9. The standard InChI is InChI=1S/C21H28N4O4/c1-28-15-3-2-4-16(11-15)29-18-12-17(24-19-5-8-22-13-23-19)20(21(18)27)25-9-6-14(26)7-10-25/h2-5,8,11,13-14,17-18,20-21,26-27H,6-7,9-10,12H2,1H3,(H,22,23,24)/t17-,18-,20+,21+/m1/s1. The number of aliphatic hydroxyl groups excluding tert-OH is 2. The largest absolute Gasteiger partial charge is 0.497 e. The zero-order valence-corrected chi connectivity index (χ0v) is 16.5. The number of methoxy groups -OCH3 is 1. The Labute approximate surface area is 170 Å². The van der Waals surface area contributed by atoms with Crippen LogP contribution in [0.1, 0.15) is 19.3 Å². The van der Waals surface area contributed by atoms with Crippen molar-refractivity contribution in [2.75, 3.05) is 25.5 Å². The van der Waals surface area contributed by atoms with Gasteiger partial charge in [-0.15, -0.1) is 0 Å². The van der Waals surface area contributed by atoms with Gasteiger partial charge in [-0.1, -0.05) is 6.07 Å². The van der Waals surface area contributed by atoms with Gasteiger partial charge in [-0.3, -0.25) is 4.90 Å². The Bertz CT molecular complexity index is 785. The highest BCUT2D eigenvalue weighted by molar-refractivity contribution is 5.36. The van der Waals surface area contributed by atoms with Crippen molar-refractivity contribution in [3.8, 4) is 11.5 Å². The Morgan fingerprint density at radius 1 is 1.14 bits per heavy atom. The first-order chi connectivity index (χ1) is 14.1. The minimum Gasteiger partial charge on any atom is -0.497 e. The molecular weight excluding hydrogens is 372 g/mol. The highest BCUT2D eigenvalue weighted by Gasteiger charge is 2.47. The molecule has 8 heteroatoms. The van der Waals surface area contributed by atoms with Crippen LogP contribution in [0.5, 0.6) is 11.5 Å². The summed E-state index contributed by atoms with van der Waals surface area (Å²) in [6, 6.07) is 9.07. The molecule has 4 atom stereocenters. The van der Waals surface area contributed by atoms with Crippen LogP contribution in [0.25, 0.3) is 0 Å². The molecule has 3 N–H and O–H groups in total. The van der Waals surface area contributed by atoms with Gasteiger partial charge in [0.1, 0.15) is 35.9 Å². The Hall–Kier alpha value is -2.42. The number of piperidine rings is 1. The van der Waals surface area contributed by atoms with E-state index in [4.69, 9.17) is 9.47 Å². The van der Waals surface area contributed by atoms with Gasteiger partial charge in [0.15, 0.2) is 0 Å². The number of aromatic nitrogens is 2. The SMILES string of the molecule is COc1cccc(O[C@@H]2C[C@@H](Nc3ccncn3)[C@H](N3CCC(O)CC3)[C@H]2O)c1. The number of rotatable bonds is 6. The number of benzene rings is 1. The van der Waals surface area contributed by atoms with E-state index < -0.39 is 6.10 Å². The van der Waals surface area contributed by atoms with Gasteiger partial charge in [0, 0.05) is 37.8 Å². The molecule has 156 valence electrons. The van der Waals surface area contributed by atoms with Crippen LogP contribution in [0.15, 0.2) is 42.9 Å². The molecule has 0 bridgehead atoms. The minimum atomic E-state index is -0.671. The molecule has 1 aromatic heterocycles. The molecule has 2 aliphatic rings. The van der Waals surface area contributed by atoms with E-state index in [1.165, 1.54) is 6.33 Å². The van der Waals surface area contributed by atoms with Gasteiger partial charge in [-0.2, -0.15) is 0 Å². The van der Waals surface area contributed by atoms with Crippen LogP contribution in [0.3, 0.4) is 0 Å². The maximum Gasteiger partial charge on any atom is 0.129 e. The fourth-order valence-electron chi connectivity index (χ4n) is 4.32. The van der Waals surface area contributed by atoms with Crippen molar-refractivity contribution in [3.63, 3.8) is 0 Å². The summed E-state index contributed by atoms with van der Waals surface area (Å²) >= 11 is 0. The lowest BCUT2D eigenvalue weighted by atomic mass is 10.0. The molecule has 1 aliphatic carbocycles. The molecular formula is C21H28N4O4. The van der Waals surface area contributed by atoms with E-state index in [0.717, 1.165) is 18.9 Å². The summed E-state index contributed by atoms with van der Waals surface area (Å²) in [4.78, 5) is 10.5. The van der Waals surface area contributed by atoms with Crippen molar-refractivity contribution in [1.82, 2.24) is 14.9 Å². The minimum absolute atomic E-state index is 0.0363. The van der Waals surface area contributed by atoms with Gasteiger partial charge in [0.25, 0.3) is 0 Å². The van der Waals surface area contributed by atoms with Gasteiger partial charge < -0.3 is 25.0 Å². The Morgan fingerprint density at radius 3 is 2.66 bits per heavy atom. The monoisotopic (exact) mass is 400 g/mol. The van der Waals surface area contributed by atoms with Gasteiger partial charge >= 0.3 is 0 Å². The smallest absolute Gasteiger partial charge is 0.129 e. The van der Waals surface area contributed by atoms with E-state index in [0.29, 0.717) is 30.8 Å². The lowest BCUT2D eigenvalue weighted by Crippen LogP contribution is -2.53. The van der Waals surface area contributed by atoms with Crippen molar-refractivity contribution in [2.45, 2.75) is 49.7 Å². The maximum absolute atomic E-state index is 11.2. The van der Waals surface area contributed by atoms with E-state index in [1.54, 1.807) is 13.3 Å². The van der Waals surface area contributed by atoms with Crippen LogP contribution in [0, 0.1) is 0 Å². The van der Waals surface area contributed by atoms with Crippen LogP contribution in [-0.4, -0.2) is 75.7 Å². The number of hydrogen-bond donors (Lipinski definition) is 3. The Kier molecular flexibility index (Phi) is 6.13. The second-order valence-electron chi connectivity index (χ2n) is 7.66. The van der Waals surface area contributed by atoms with Gasteiger partial charge in [-0.25, -0.2) is 9.97 Å². The molecule has 0 amide bonds. The topological polar surface area (TPSA) is 100.0 Å². The summed E-state index contributed by atoms with van der Waals surface area (Å²) in [5, 5.41) is 24.5. The number of nitrogens with zero attached hydrogens (tertiary/aromatic N) is 3. The summed E-state index contributed by atoms with van der Waals surface area (Å²) in [6.07, 6.45) is 3.96. The third-order valence-electron chi connectivity index (χ3n) is 5.79. The average Bonchev–Trinajstić information content (AvgIpc) is 3.04. The predicted molar refractivity (Wildman–Crippen MR) is 108 cm³/mol. The van der Waals surface area contributed by atoms with Crippen molar-refractivity contribution < 1.29 is 19.7 Å². The molecule has 1 saturated carbocycles. The molecule has 1 aromatic carbocycles. The number of hydrogen-bond acceptors (Lipinski definition) is 8. The predicted octanol–water partition coefficient (Wildman–Crippen LogP) is 1.30. The summed E-state index contributed by atoms with van der Waals surface area (Å²) in [6.45, 7) is 1.49. The fourth-order valence-corrected chi connectivity index (χ4v) is 4.32. The summed E-state index contributed by atoms with van der Waals surface area (Å²) in [5.74, 6) is 2.11. The van der Waals surface area contributed by atoms with Gasteiger partial charge in [0.05, 0.1) is 19.3 Å². The molecule has 0 radical (unpaired) electrons. The molecule has 0 unspecified atom stereocenters. The quantitative estimate of drug-likeness (QED) is 0.667. The van der Waals surface area contributed by atoms with Gasteiger partial charge in [-0.05, 0) is 31.0 Å². The molecule has 4 rings (SSSR count). The summed E-state index contributed by atoms with van der Waals surface area (Å²) in [7, 11) is 1.62. The number of likely N-dealkylation sites (tertiary alicyclic amines) is 1. The van der Waals surface area contributed by atoms with Crippen molar-refractivity contribution >= 4 is 5.82 Å². The first-order valence-electron chi connectivity index (χ1n) is 10.1. The van der Waals surface area contributed by atoms with Crippen molar-refractivity contribution in [1.29, 1.82) is 0 Å². The second-order valence-corrected chi connectivity index (χ2v) is 7.66. The molecule has 2 aromatic rings. The number of aliphatic hydroxyl groups is 2. The van der Waals surface area contributed by atoms with Crippen LogP contribution < -0.4 is 14.8 Å². The highest BCUT2D eigenvalue weighted by Crippen LogP contribution is 2.33. The van der Waals surface area contributed by atoms with Crippen molar-refractivity contribution in [3.05, 3.63) is 42.9 Å². The summed E-state index contributed by atoms with van der Waals surface area (Å²) in [5.41, 5.74) is 0. The average molecular weight is 400 g/mol. The molecule has 2 heterocycles. The maximum atomic E-state index is 11.2. The van der Waals surface area contributed by atoms with E-state index >= 15 is 0 Å². The molecule has 2 fully saturated rings. The van der Waals surface area contributed by atoms with Gasteiger partial charge in [0.2, 0.25) is 0 Å². The molecule has 29 heavy (non-hydrogen) atoms. The van der Waals surface area contributed by atoms with E-state index in [2.05, 4.69) is 20.2 Å². The second kappa shape index (κ2) is 8.94. The molecule has 0 spiro atoms. The Balaban J connectivity index is 1.52. The molecule has 8 nitrogen and oxygen atoms in total. The zero-order chi connectivity index (χ0) is 20.2. The van der Waals surface area contributed by atoms with Crippen LogP contribution in [0.2, 0.25) is 0 Å². The summed E-state index contributed by atoms with van der Waals surface area (Å²) < 4.78 is 11.4. The number of ether oxygens (including phenoxy) is 2. The van der Waals surface area contributed by atoms with E-state index in [-0.39, 0.29) is 24.3 Å². The molecule has 1 saturated heterocycles. The fraction of sp³-hybridized carbons (Fsp3) is 0.524.